The van der Waals surface area contributed by atoms with Crippen LogP contribution in [-0.4, -0.2) is 42.9 Å². The molecule has 1 aromatic rings. The zero-order chi connectivity index (χ0) is 21.9. The Kier molecular flexibility index (Phi) is 6.93. The molecule has 0 atom stereocenters. The van der Waals surface area contributed by atoms with Crippen LogP contribution in [0.5, 0.6) is 0 Å². The summed E-state index contributed by atoms with van der Waals surface area (Å²) in [6, 6.07) is 3.59. The SMILES string of the molecule is CC(C)C(=O)N1CCC(C(=O)Nc2cc(C(F)(F)F)ccc2N2CCCCC2)CC1. The molecular formula is C22H30F3N3O2. The Bertz CT molecular complexity index is 765. The fraction of sp³-hybridized carbons (Fsp3) is 0.636. The summed E-state index contributed by atoms with van der Waals surface area (Å²) in [5, 5.41) is 2.77. The molecule has 2 aliphatic rings. The predicted molar refractivity (Wildman–Crippen MR) is 110 cm³/mol. The normalized spacial score (nSPS) is 18.6. The third kappa shape index (κ3) is 5.26. The molecule has 166 valence electrons. The number of hydrogen-bond acceptors (Lipinski definition) is 3. The first-order valence-electron chi connectivity index (χ1n) is 10.7. The highest BCUT2D eigenvalue weighted by atomic mass is 19.4. The minimum absolute atomic E-state index is 0.0686. The number of anilines is 2. The van der Waals surface area contributed by atoms with Crippen LogP contribution in [0.3, 0.4) is 0 Å². The second-order valence-corrected chi connectivity index (χ2v) is 8.52. The molecule has 2 amide bonds. The highest BCUT2D eigenvalue weighted by Gasteiger charge is 2.33. The van der Waals surface area contributed by atoms with Crippen molar-refractivity contribution in [3.05, 3.63) is 23.8 Å². The average molecular weight is 425 g/mol. The number of carbonyl (C=O) groups is 2. The smallest absolute Gasteiger partial charge is 0.370 e. The minimum atomic E-state index is -4.47. The van der Waals surface area contributed by atoms with Crippen molar-refractivity contribution < 1.29 is 22.8 Å². The van der Waals surface area contributed by atoms with E-state index in [1.54, 1.807) is 4.90 Å². The van der Waals surface area contributed by atoms with Gasteiger partial charge >= 0.3 is 6.18 Å². The van der Waals surface area contributed by atoms with E-state index in [2.05, 4.69) is 5.32 Å². The Hall–Kier alpha value is -2.25. The number of benzene rings is 1. The molecule has 0 spiro atoms. The van der Waals surface area contributed by atoms with Crippen molar-refractivity contribution in [3.63, 3.8) is 0 Å². The Morgan fingerprint density at radius 2 is 1.67 bits per heavy atom. The van der Waals surface area contributed by atoms with Crippen LogP contribution in [0.4, 0.5) is 24.5 Å². The lowest BCUT2D eigenvalue weighted by molar-refractivity contribution is -0.137. The van der Waals surface area contributed by atoms with Gasteiger partial charge in [-0.1, -0.05) is 13.8 Å². The summed E-state index contributed by atoms with van der Waals surface area (Å²) in [4.78, 5) is 28.8. The third-order valence-electron chi connectivity index (χ3n) is 5.95. The summed E-state index contributed by atoms with van der Waals surface area (Å²) in [7, 11) is 0. The first-order chi connectivity index (χ1) is 14.2. The van der Waals surface area contributed by atoms with E-state index in [4.69, 9.17) is 0 Å². The second-order valence-electron chi connectivity index (χ2n) is 8.52. The van der Waals surface area contributed by atoms with Crippen LogP contribution in [0.1, 0.15) is 51.5 Å². The van der Waals surface area contributed by atoms with Gasteiger partial charge in [-0.3, -0.25) is 9.59 Å². The molecule has 30 heavy (non-hydrogen) atoms. The van der Waals surface area contributed by atoms with Gasteiger partial charge in [-0.05, 0) is 50.3 Å². The van der Waals surface area contributed by atoms with Crippen molar-refractivity contribution in [2.75, 3.05) is 36.4 Å². The molecule has 5 nitrogen and oxygen atoms in total. The van der Waals surface area contributed by atoms with E-state index in [-0.39, 0.29) is 29.3 Å². The summed E-state index contributed by atoms with van der Waals surface area (Å²) < 4.78 is 39.8. The van der Waals surface area contributed by atoms with Gasteiger partial charge in [0.15, 0.2) is 0 Å². The van der Waals surface area contributed by atoms with Gasteiger partial charge in [0.05, 0.1) is 16.9 Å². The number of carbonyl (C=O) groups excluding carboxylic acids is 2. The molecule has 0 aliphatic carbocycles. The number of halogens is 3. The maximum absolute atomic E-state index is 13.3. The van der Waals surface area contributed by atoms with Crippen molar-refractivity contribution in [1.82, 2.24) is 4.90 Å². The molecule has 0 radical (unpaired) electrons. The highest BCUT2D eigenvalue weighted by Crippen LogP contribution is 2.37. The van der Waals surface area contributed by atoms with Crippen molar-refractivity contribution in [2.45, 2.75) is 52.1 Å². The fourth-order valence-electron chi connectivity index (χ4n) is 4.19. The van der Waals surface area contributed by atoms with Crippen LogP contribution in [0.15, 0.2) is 18.2 Å². The monoisotopic (exact) mass is 425 g/mol. The summed E-state index contributed by atoms with van der Waals surface area (Å²) in [5.41, 5.74) is 0.0943. The minimum Gasteiger partial charge on any atom is -0.370 e. The number of nitrogens with one attached hydrogen (secondary N) is 1. The van der Waals surface area contributed by atoms with Gasteiger partial charge in [0.25, 0.3) is 0 Å². The largest absolute Gasteiger partial charge is 0.416 e. The van der Waals surface area contributed by atoms with Crippen LogP contribution < -0.4 is 10.2 Å². The van der Waals surface area contributed by atoms with E-state index in [0.29, 0.717) is 31.6 Å². The van der Waals surface area contributed by atoms with Crippen molar-refractivity contribution in [3.8, 4) is 0 Å². The van der Waals surface area contributed by atoms with Gasteiger partial charge in [0, 0.05) is 38.0 Å². The van der Waals surface area contributed by atoms with Crippen LogP contribution in [0.25, 0.3) is 0 Å². The van der Waals surface area contributed by atoms with Crippen LogP contribution in [0.2, 0.25) is 0 Å². The van der Waals surface area contributed by atoms with E-state index >= 15 is 0 Å². The third-order valence-corrected chi connectivity index (χ3v) is 5.95. The zero-order valence-corrected chi connectivity index (χ0v) is 17.6. The van der Waals surface area contributed by atoms with E-state index in [9.17, 15) is 22.8 Å². The lowest BCUT2D eigenvalue weighted by atomic mass is 9.95. The van der Waals surface area contributed by atoms with Gasteiger partial charge in [-0.2, -0.15) is 13.2 Å². The quantitative estimate of drug-likeness (QED) is 0.771. The van der Waals surface area contributed by atoms with Crippen LogP contribution >= 0.6 is 0 Å². The lowest BCUT2D eigenvalue weighted by Crippen LogP contribution is -2.43. The number of alkyl halides is 3. The molecule has 0 saturated carbocycles. The van der Waals surface area contributed by atoms with E-state index in [1.807, 2.05) is 18.7 Å². The number of amides is 2. The van der Waals surface area contributed by atoms with Gasteiger partial charge in [-0.15, -0.1) is 0 Å². The Morgan fingerprint density at radius 1 is 1.03 bits per heavy atom. The molecule has 2 aliphatic heterocycles. The number of piperidine rings is 2. The standard InChI is InChI=1S/C22H30F3N3O2/c1-15(2)21(30)28-12-8-16(9-13-28)20(29)26-18-14-17(22(23,24)25)6-7-19(18)27-10-4-3-5-11-27/h6-7,14-16H,3-5,8-13H2,1-2H3,(H,26,29). The summed E-state index contributed by atoms with van der Waals surface area (Å²) in [5.74, 6) is -0.610. The number of nitrogens with zero attached hydrogens (tertiary/aromatic N) is 2. The predicted octanol–water partition coefficient (Wildman–Crippen LogP) is 4.53. The average Bonchev–Trinajstić information content (AvgIpc) is 2.73. The molecule has 0 aromatic heterocycles. The summed E-state index contributed by atoms with van der Waals surface area (Å²) in [6.45, 7) is 6.22. The molecular weight excluding hydrogens is 395 g/mol. The molecule has 8 heteroatoms. The highest BCUT2D eigenvalue weighted by molar-refractivity contribution is 5.96. The first kappa shape index (κ1) is 22.4. The van der Waals surface area contributed by atoms with Crippen molar-refractivity contribution in [2.24, 2.45) is 11.8 Å². The molecule has 1 N–H and O–H groups in total. The van der Waals surface area contributed by atoms with Gasteiger partial charge < -0.3 is 15.1 Å². The molecule has 0 bridgehead atoms. The second kappa shape index (κ2) is 9.27. The Morgan fingerprint density at radius 3 is 2.23 bits per heavy atom. The zero-order valence-electron chi connectivity index (χ0n) is 17.6. The van der Waals surface area contributed by atoms with E-state index in [1.165, 1.54) is 6.07 Å². The Labute approximate surface area is 175 Å². The van der Waals surface area contributed by atoms with E-state index in [0.717, 1.165) is 44.5 Å². The van der Waals surface area contributed by atoms with Gasteiger partial charge in [-0.25, -0.2) is 0 Å². The van der Waals surface area contributed by atoms with Gasteiger partial charge in [0.1, 0.15) is 0 Å². The fourth-order valence-corrected chi connectivity index (χ4v) is 4.19. The maximum atomic E-state index is 13.3. The first-order valence-corrected chi connectivity index (χ1v) is 10.7. The van der Waals surface area contributed by atoms with Gasteiger partial charge in [0.2, 0.25) is 11.8 Å². The molecule has 3 rings (SSSR count). The molecule has 0 unspecified atom stereocenters. The lowest BCUT2D eigenvalue weighted by Gasteiger charge is -2.33. The number of likely N-dealkylation sites (tertiary alicyclic amines) is 1. The molecule has 2 heterocycles. The Balaban J connectivity index is 1.74. The number of rotatable bonds is 4. The molecule has 2 fully saturated rings. The summed E-state index contributed by atoms with van der Waals surface area (Å²) >= 11 is 0. The maximum Gasteiger partial charge on any atom is 0.416 e. The number of hydrogen-bond donors (Lipinski definition) is 1. The molecule has 1 aromatic carbocycles. The molecule has 2 saturated heterocycles. The van der Waals surface area contributed by atoms with Crippen molar-refractivity contribution >= 4 is 23.2 Å². The summed E-state index contributed by atoms with van der Waals surface area (Å²) in [6.07, 6.45) is -0.368. The van der Waals surface area contributed by atoms with E-state index < -0.39 is 11.7 Å². The van der Waals surface area contributed by atoms with Crippen molar-refractivity contribution in [1.29, 1.82) is 0 Å². The van der Waals surface area contributed by atoms with Crippen LogP contribution in [-0.2, 0) is 15.8 Å². The van der Waals surface area contributed by atoms with Crippen LogP contribution in [0, 0.1) is 11.8 Å². The topological polar surface area (TPSA) is 52.7 Å².